The minimum Gasteiger partial charge on any atom is -0.388 e. The van der Waals surface area contributed by atoms with Gasteiger partial charge in [-0.1, -0.05) is 42.5 Å². The topological polar surface area (TPSA) is 40.5 Å². The van der Waals surface area contributed by atoms with Gasteiger partial charge in [-0.3, -0.25) is 4.79 Å². The van der Waals surface area contributed by atoms with Crippen molar-refractivity contribution in [3.8, 4) is 0 Å². The van der Waals surface area contributed by atoms with Crippen molar-refractivity contribution in [1.29, 1.82) is 0 Å². The molecule has 0 bridgehead atoms. The normalized spacial score (nSPS) is 18.6. The van der Waals surface area contributed by atoms with Gasteiger partial charge in [-0.15, -0.1) is 0 Å². The van der Waals surface area contributed by atoms with E-state index in [0.717, 1.165) is 18.4 Å². The number of aliphatic hydroxyl groups excluding tert-OH is 1. The first kappa shape index (κ1) is 16.7. The monoisotopic (exact) mass is 327 g/mol. The van der Waals surface area contributed by atoms with Crippen molar-refractivity contribution in [3.63, 3.8) is 0 Å². The van der Waals surface area contributed by atoms with Crippen LogP contribution in [0, 0.1) is 5.82 Å². The third kappa shape index (κ3) is 4.01. The van der Waals surface area contributed by atoms with E-state index in [9.17, 15) is 14.3 Å². The maximum absolute atomic E-state index is 13.3. The first-order valence-electron chi connectivity index (χ1n) is 8.40. The predicted molar refractivity (Wildman–Crippen MR) is 90.9 cm³/mol. The first-order valence-corrected chi connectivity index (χ1v) is 8.40. The molecule has 0 saturated carbocycles. The fraction of sp³-hybridized carbons (Fsp3) is 0.350. The number of carbonyl (C=O) groups excluding carboxylic acids is 1. The van der Waals surface area contributed by atoms with Gasteiger partial charge in [-0.05, 0) is 42.5 Å². The molecule has 2 unspecified atom stereocenters. The van der Waals surface area contributed by atoms with E-state index in [2.05, 4.69) is 0 Å². The van der Waals surface area contributed by atoms with Crippen molar-refractivity contribution in [3.05, 3.63) is 71.5 Å². The zero-order valence-electron chi connectivity index (χ0n) is 13.6. The van der Waals surface area contributed by atoms with Gasteiger partial charge >= 0.3 is 0 Å². The lowest BCUT2D eigenvalue weighted by atomic mass is 10.00. The highest BCUT2D eigenvalue weighted by Gasteiger charge is 2.30. The van der Waals surface area contributed by atoms with Gasteiger partial charge in [0.1, 0.15) is 5.82 Å². The van der Waals surface area contributed by atoms with Gasteiger partial charge < -0.3 is 10.0 Å². The summed E-state index contributed by atoms with van der Waals surface area (Å²) in [5, 5.41) is 10.4. The number of benzene rings is 2. The molecule has 24 heavy (non-hydrogen) atoms. The number of likely N-dealkylation sites (tertiary alicyclic amines) is 1. The Morgan fingerprint density at radius 1 is 1.21 bits per heavy atom. The molecule has 1 N–H and O–H groups in total. The Hall–Kier alpha value is -2.20. The summed E-state index contributed by atoms with van der Waals surface area (Å²) in [5.74, 6) is -0.318. The van der Waals surface area contributed by atoms with Crippen molar-refractivity contribution in [1.82, 2.24) is 4.90 Å². The maximum Gasteiger partial charge on any atom is 0.227 e. The highest BCUT2D eigenvalue weighted by Crippen LogP contribution is 2.28. The minimum atomic E-state index is -0.571. The van der Waals surface area contributed by atoms with Crippen molar-refractivity contribution in [2.75, 3.05) is 6.54 Å². The molecule has 1 fully saturated rings. The standard InChI is InChI=1S/C20H22FNO2/c21-17-9-4-6-15(12-17)13-20(24)22-11-5-10-18(22)14-19(23)16-7-2-1-3-8-16/h1-4,6-9,12,18-19,23H,5,10-11,13-14H2. The number of halogens is 1. The summed E-state index contributed by atoms with van der Waals surface area (Å²) in [4.78, 5) is 14.4. The Bertz CT molecular complexity index is 689. The zero-order chi connectivity index (χ0) is 16.9. The molecule has 1 aliphatic heterocycles. The van der Waals surface area contributed by atoms with Gasteiger partial charge in [0.25, 0.3) is 0 Å². The van der Waals surface area contributed by atoms with E-state index >= 15 is 0 Å². The summed E-state index contributed by atoms with van der Waals surface area (Å²) < 4.78 is 13.3. The lowest BCUT2D eigenvalue weighted by molar-refractivity contribution is -0.131. The van der Waals surface area contributed by atoms with E-state index in [1.807, 2.05) is 35.2 Å². The average molecular weight is 327 g/mol. The Balaban J connectivity index is 1.63. The van der Waals surface area contributed by atoms with Gasteiger partial charge in [0, 0.05) is 12.6 Å². The highest BCUT2D eigenvalue weighted by atomic mass is 19.1. The van der Waals surface area contributed by atoms with E-state index < -0.39 is 6.10 Å². The lowest BCUT2D eigenvalue weighted by Crippen LogP contribution is -2.37. The summed E-state index contributed by atoms with van der Waals surface area (Å²) in [5.41, 5.74) is 1.57. The highest BCUT2D eigenvalue weighted by molar-refractivity contribution is 5.79. The van der Waals surface area contributed by atoms with E-state index in [0.29, 0.717) is 18.5 Å². The first-order chi connectivity index (χ1) is 11.6. The van der Waals surface area contributed by atoms with Crippen LogP contribution in [0.25, 0.3) is 0 Å². The molecule has 126 valence electrons. The molecule has 2 aromatic rings. The van der Waals surface area contributed by atoms with Crippen molar-refractivity contribution < 1.29 is 14.3 Å². The molecule has 0 aliphatic carbocycles. The number of amides is 1. The van der Waals surface area contributed by atoms with Crippen LogP contribution in [0.5, 0.6) is 0 Å². The maximum atomic E-state index is 13.3. The second-order valence-electron chi connectivity index (χ2n) is 6.35. The van der Waals surface area contributed by atoms with Crippen LogP contribution in [0.3, 0.4) is 0 Å². The molecule has 1 amide bonds. The fourth-order valence-corrected chi connectivity index (χ4v) is 3.40. The second kappa shape index (κ2) is 7.58. The molecule has 0 radical (unpaired) electrons. The third-order valence-corrected chi connectivity index (χ3v) is 4.62. The summed E-state index contributed by atoms with van der Waals surface area (Å²) in [6.45, 7) is 0.709. The summed E-state index contributed by atoms with van der Waals surface area (Å²) >= 11 is 0. The van der Waals surface area contributed by atoms with Crippen LogP contribution < -0.4 is 0 Å². The summed E-state index contributed by atoms with van der Waals surface area (Å²) in [6.07, 6.45) is 2.02. The van der Waals surface area contributed by atoms with Crippen molar-refractivity contribution in [2.24, 2.45) is 0 Å². The molecule has 1 heterocycles. The van der Waals surface area contributed by atoms with Crippen LogP contribution in [0.4, 0.5) is 4.39 Å². The van der Waals surface area contributed by atoms with Gasteiger partial charge in [-0.25, -0.2) is 4.39 Å². The van der Waals surface area contributed by atoms with Gasteiger partial charge in [-0.2, -0.15) is 0 Å². The van der Waals surface area contributed by atoms with E-state index in [1.54, 1.807) is 12.1 Å². The molecule has 1 aliphatic rings. The molecule has 2 aromatic carbocycles. The largest absolute Gasteiger partial charge is 0.388 e. The Morgan fingerprint density at radius 3 is 2.75 bits per heavy atom. The van der Waals surface area contributed by atoms with Crippen LogP contribution in [-0.4, -0.2) is 28.5 Å². The molecule has 0 spiro atoms. The van der Waals surface area contributed by atoms with Crippen LogP contribution in [0.2, 0.25) is 0 Å². The van der Waals surface area contributed by atoms with Crippen LogP contribution in [0.15, 0.2) is 54.6 Å². The van der Waals surface area contributed by atoms with E-state index in [-0.39, 0.29) is 24.2 Å². The van der Waals surface area contributed by atoms with Gasteiger partial charge in [0.2, 0.25) is 5.91 Å². The molecular weight excluding hydrogens is 305 g/mol. The second-order valence-corrected chi connectivity index (χ2v) is 6.35. The Morgan fingerprint density at radius 2 is 2.00 bits per heavy atom. The number of nitrogens with zero attached hydrogens (tertiary/aromatic N) is 1. The fourth-order valence-electron chi connectivity index (χ4n) is 3.40. The summed E-state index contributed by atoms with van der Waals surface area (Å²) in [6, 6.07) is 15.7. The minimum absolute atomic E-state index is 0.00311. The van der Waals surface area contributed by atoms with Crippen LogP contribution in [-0.2, 0) is 11.2 Å². The molecule has 4 heteroatoms. The average Bonchev–Trinajstić information content (AvgIpc) is 3.04. The molecule has 3 rings (SSSR count). The summed E-state index contributed by atoms with van der Waals surface area (Å²) in [7, 11) is 0. The molecule has 0 aromatic heterocycles. The number of rotatable bonds is 5. The third-order valence-electron chi connectivity index (χ3n) is 4.62. The number of aliphatic hydroxyl groups is 1. The Kier molecular flexibility index (Phi) is 5.26. The van der Waals surface area contributed by atoms with E-state index in [1.165, 1.54) is 12.1 Å². The van der Waals surface area contributed by atoms with Crippen molar-refractivity contribution >= 4 is 5.91 Å². The molecule has 1 saturated heterocycles. The molecule has 3 nitrogen and oxygen atoms in total. The van der Waals surface area contributed by atoms with Gasteiger partial charge in [0.05, 0.1) is 12.5 Å². The van der Waals surface area contributed by atoms with E-state index in [4.69, 9.17) is 0 Å². The number of hydrogen-bond donors (Lipinski definition) is 1. The molecule has 2 atom stereocenters. The van der Waals surface area contributed by atoms with Crippen LogP contribution in [0.1, 0.15) is 36.5 Å². The van der Waals surface area contributed by atoms with Crippen LogP contribution >= 0.6 is 0 Å². The number of hydrogen-bond acceptors (Lipinski definition) is 2. The Labute approximate surface area is 141 Å². The number of carbonyl (C=O) groups is 1. The predicted octanol–water partition coefficient (Wildman–Crippen LogP) is 3.48. The quantitative estimate of drug-likeness (QED) is 0.913. The smallest absolute Gasteiger partial charge is 0.227 e. The molecular formula is C20H22FNO2. The lowest BCUT2D eigenvalue weighted by Gasteiger charge is -2.27. The van der Waals surface area contributed by atoms with Crippen molar-refractivity contribution in [2.45, 2.75) is 37.8 Å². The van der Waals surface area contributed by atoms with Gasteiger partial charge in [0.15, 0.2) is 0 Å². The SMILES string of the molecule is O=C(Cc1cccc(F)c1)N1CCCC1CC(O)c1ccccc1. The zero-order valence-corrected chi connectivity index (χ0v) is 13.6.